The van der Waals surface area contributed by atoms with Crippen molar-refractivity contribution in [2.45, 2.75) is 38.1 Å². The van der Waals surface area contributed by atoms with Gasteiger partial charge in [-0.3, -0.25) is 9.59 Å². The predicted molar refractivity (Wildman–Crippen MR) is 69.0 cm³/mol. The van der Waals surface area contributed by atoms with Gasteiger partial charge in [-0.1, -0.05) is 6.92 Å². The Hall–Kier alpha value is -0.390. The molecular formula is C11H22N2O2S. The average molecular weight is 246 g/mol. The molecule has 0 rings (SSSR count). The van der Waals surface area contributed by atoms with E-state index in [1.165, 1.54) is 0 Å². The van der Waals surface area contributed by atoms with Gasteiger partial charge in [0.25, 0.3) is 0 Å². The normalized spacial score (nSPS) is 16.6. The quantitative estimate of drug-likeness (QED) is 0.652. The fourth-order valence-corrected chi connectivity index (χ4v) is 2.93. The van der Waals surface area contributed by atoms with E-state index < -0.39 is 0 Å². The molecule has 0 heterocycles. The maximum absolute atomic E-state index is 11.3. The number of rotatable bonds is 8. The van der Waals surface area contributed by atoms with E-state index in [9.17, 15) is 9.59 Å². The van der Waals surface area contributed by atoms with E-state index >= 15 is 0 Å². The summed E-state index contributed by atoms with van der Waals surface area (Å²) in [4.78, 5) is 22.5. The molecule has 0 saturated heterocycles. The van der Waals surface area contributed by atoms with Crippen LogP contribution in [0.3, 0.4) is 0 Å². The van der Waals surface area contributed by atoms with Crippen LogP contribution in [-0.4, -0.2) is 48.7 Å². The van der Waals surface area contributed by atoms with Crippen molar-refractivity contribution in [1.29, 1.82) is 0 Å². The number of carbonyl (C=O) groups excluding carboxylic acids is 2. The molecule has 0 aliphatic rings. The molecule has 5 heteroatoms. The van der Waals surface area contributed by atoms with Gasteiger partial charge < -0.3 is 10.6 Å². The third-order valence-corrected chi connectivity index (χ3v) is 3.91. The fraction of sp³-hybridized carbons (Fsp3) is 0.818. The molecule has 0 saturated carbocycles. The van der Waals surface area contributed by atoms with Gasteiger partial charge in [0.1, 0.15) is 11.6 Å². The summed E-state index contributed by atoms with van der Waals surface area (Å²) in [5, 5.41) is 6.13. The zero-order valence-electron chi connectivity index (χ0n) is 10.7. The van der Waals surface area contributed by atoms with Gasteiger partial charge in [0.15, 0.2) is 0 Å². The maximum Gasteiger partial charge on any atom is 0.147 e. The van der Waals surface area contributed by atoms with Crippen LogP contribution in [0.15, 0.2) is 0 Å². The molecule has 0 spiro atoms. The van der Waals surface area contributed by atoms with Gasteiger partial charge in [0.2, 0.25) is 0 Å². The lowest BCUT2D eigenvalue weighted by molar-refractivity contribution is -0.119. The van der Waals surface area contributed by atoms with E-state index in [0.29, 0.717) is 5.75 Å². The number of hydrogen-bond acceptors (Lipinski definition) is 5. The lowest BCUT2D eigenvalue weighted by Gasteiger charge is -2.22. The second-order valence-electron chi connectivity index (χ2n) is 3.87. The first-order valence-corrected chi connectivity index (χ1v) is 6.46. The number of Topliss-reactive ketones (excluding diaryl/α,β-unsaturated/α-hetero) is 2. The van der Waals surface area contributed by atoms with Crippen LogP contribution in [0.5, 0.6) is 0 Å². The van der Waals surface area contributed by atoms with Crippen LogP contribution in [0, 0.1) is 0 Å². The van der Waals surface area contributed by atoms with Crippen molar-refractivity contribution in [2.75, 3.05) is 19.8 Å². The Labute approximate surface area is 102 Å². The molecule has 0 radical (unpaired) electrons. The Bertz CT molecular complexity index is 246. The molecule has 94 valence electrons. The van der Waals surface area contributed by atoms with Crippen LogP contribution in [0.2, 0.25) is 0 Å². The van der Waals surface area contributed by atoms with Crippen LogP contribution in [0.25, 0.3) is 0 Å². The summed E-state index contributed by atoms with van der Waals surface area (Å²) in [5.41, 5.74) is 0. The van der Waals surface area contributed by atoms with Crippen LogP contribution < -0.4 is 10.6 Å². The Kier molecular flexibility index (Phi) is 7.62. The van der Waals surface area contributed by atoms with Gasteiger partial charge in [-0.05, 0) is 27.9 Å². The number of hydrogen-bond donors (Lipinski definition) is 2. The minimum Gasteiger partial charge on any atom is -0.310 e. The third-order valence-electron chi connectivity index (χ3n) is 2.58. The monoisotopic (exact) mass is 246 g/mol. The van der Waals surface area contributed by atoms with Gasteiger partial charge >= 0.3 is 0 Å². The second kappa shape index (κ2) is 7.81. The van der Waals surface area contributed by atoms with Crippen molar-refractivity contribution in [1.82, 2.24) is 10.6 Å². The molecule has 2 N–H and O–H groups in total. The van der Waals surface area contributed by atoms with Gasteiger partial charge in [0, 0.05) is 11.0 Å². The number of likely N-dealkylation sites (N-methyl/N-ethyl adjacent to an activating group) is 2. The van der Waals surface area contributed by atoms with E-state index in [1.807, 2.05) is 6.92 Å². The molecule has 0 aromatic carbocycles. The van der Waals surface area contributed by atoms with Crippen LogP contribution >= 0.6 is 11.8 Å². The summed E-state index contributed by atoms with van der Waals surface area (Å²) in [7, 11) is 3.56. The van der Waals surface area contributed by atoms with Crippen molar-refractivity contribution in [3.05, 3.63) is 0 Å². The molecule has 1 unspecified atom stereocenters. The SMILES string of the molecule is CN[C@H](C(C)=O)C(C)SC[C@@H](NC)C(C)=O. The Morgan fingerprint density at radius 1 is 1.12 bits per heavy atom. The first-order chi connectivity index (χ1) is 7.43. The molecule has 0 aliphatic carbocycles. The Morgan fingerprint density at radius 3 is 2.00 bits per heavy atom. The second-order valence-corrected chi connectivity index (χ2v) is 5.28. The van der Waals surface area contributed by atoms with E-state index in [4.69, 9.17) is 0 Å². The standard InChI is InChI=1S/C11H22N2O2S/c1-7(14)10(12-4)6-16-9(3)11(13-5)8(2)15/h9-13H,6H2,1-5H3/t9?,10-,11-/m1/s1. The zero-order chi connectivity index (χ0) is 12.7. The van der Waals surface area contributed by atoms with E-state index in [2.05, 4.69) is 10.6 Å². The van der Waals surface area contributed by atoms with Gasteiger partial charge in [-0.25, -0.2) is 0 Å². The highest BCUT2D eigenvalue weighted by atomic mass is 32.2. The maximum atomic E-state index is 11.3. The topological polar surface area (TPSA) is 58.2 Å². The minimum absolute atomic E-state index is 0.128. The largest absolute Gasteiger partial charge is 0.310 e. The highest BCUT2D eigenvalue weighted by Crippen LogP contribution is 2.16. The van der Waals surface area contributed by atoms with Crippen molar-refractivity contribution in [3.8, 4) is 0 Å². The summed E-state index contributed by atoms with van der Waals surface area (Å²) in [6.45, 7) is 5.16. The molecule has 0 aromatic heterocycles. The van der Waals surface area contributed by atoms with Crippen molar-refractivity contribution < 1.29 is 9.59 Å². The number of nitrogens with one attached hydrogen (secondary N) is 2. The van der Waals surface area contributed by atoms with E-state index in [-0.39, 0.29) is 28.9 Å². The summed E-state index contributed by atoms with van der Waals surface area (Å²) >= 11 is 1.63. The van der Waals surface area contributed by atoms with Crippen LogP contribution in [-0.2, 0) is 9.59 Å². The zero-order valence-corrected chi connectivity index (χ0v) is 11.5. The molecule has 3 atom stereocenters. The molecule has 0 fully saturated rings. The smallest absolute Gasteiger partial charge is 0.147 e. The van der Waals surface area contributed by atoms with E-state index in [0.717, 1.165) is 0 Å². The molecule has 0 aromatic rings. The Morgan fingerprint density at radius 2 is 1.69 bits per heavy atom. The highest BCUT2D eigenvalue weighted by Gasteiger charge is 2.22. The molecule has 0 aliphatic heterocycles. The first-order valence-electron chi connectivity index (χ1n) is 5.41. The molecule has 0 amide bonds. The Balaban J connectivity index is 4.18. The van der Waals surface area contributed by atoms with E-state index in [1.54, 1.807) is 39.7 Å². The van der Waals surface area contributed by atoms with Crippen molar-refractivity contribution >= 4 is 23.3 Å². The number of thioether (sulfide) groups is 1. The first kappa shape index (κ1) is 15.6. The molecule has 0 bridgehead atoms. The number of ketones is 2. The van der Waals surface area contributed by atoms with Gasteiger partial charge in [0.05, 0.1) is 12.1 Å². The van der Waals surface area contributed by atoms with Crippen molar-refractivity contribution in [3.63, 3.8) is 0 Å². The summed E-state index contributed by atoms with van der Waals surface area (Å²) in [5.74, 6) is 0.954. The van der Waals surface area contributed by atoms with Gasteiger partial charge in [-0.2, -0.15) is 11.8 Å². The highest BCUT2D eigenvalue weighted by molar-refractivity contribution is 8.00. The lowest BCUT2D eigenvalue weighted by Crippen LogP contribution is -2.42. The minimum atomic E-state index is -0.144. The average Bonchev–Trinajstić information content (AvgIpc) is 2.18. The molecule has 16 heavy (non-hydrogen) atoms. The van der Waals surface area contributed by atoms with Crippen LogP contribution in [0.1, 0.15) is 20.8 Å². The summed E-state index contributed by atoms with van der Waals surface area (Å²) in [6, 6.07) is -0.272. The lowest BCUT2D eigenvalue weighted by atomic mass is 10.1. The predicted octanol–water partition coefficient (Wildman–Crippen LogP) is 0.462. The number of carbonyl (C=O) groups is 2. The van der Waals surface area contributed by atoms with Crippen LogP contribution in [0.4, 0.5) is 0 Å². The third kappa shape index (κ3) is 5.09. The summed E-state index contributed by atoms with van der Waals surface area (Å²) in [6.07, 6.45) is 0. The fourth-order valence-electron chi connectivity index (χ4n) is 1.52. The molecule has 4 nitrogen and oxygen atoms in total. The summed E-state index contributed by atoms with van der Waals surface area (Å²) < 4.78 is 0. The molecular weight excluding hydrogens is 224 g/mol. The van der Waals surface area contributed by atoms with Crippen molar-refractivity contribution in [2.24, 2.45) is 0 Å². The van der Waals surface area contributed by atoms with Gasteiger partial charge in [-0.15, -0.1) is 0 Å².